The number of ether oxygens (including phenoxy) is 1. The lowest BCUT2D eigenvalue weighted by atomic mass is 10.0. The number of nitrogens with one attached hydrogen (secondary N) is 1. The van der Waals surface area contributed by atoms with Crippen LogP contribution in [0.1, 0.15) is 29.7 Å². The Morgan fingerprint density at radius 3 is 2.65 bits per heavy atom. The maximum atomic E-state index is 11.0. The average molecular weight is 489 g/mol. The second-order valence-electron chi connectivity index (χ2n) is 8.39. The van der Waals surface area contributed by atoms with Crippen LogP contribution in [0.25, 0.3) is 11.3 Å². The summed E-state index contributed by atoms with van der Waals surface area (Å²) in [6.45, 7) is 3.20. The molecule has 1 saturated heterocycles. The molecule has 1 fully saturated rings. The molecule has 0 unspecified atom stereocenters. The van der Waals surface area contributed by atoms with Gasteiger partial charge in [-0.05, 0) is 48.6 Å². The van der Waals surface area contributed by atoms with Crippen molar-refractivity contribution in [3.8, 4) is 11.3 Å². The molecule has 3 aromatic rings. The standard InChI is InChI=1S/C23H29N4O6P/c24-23-21(2-1-9-27(23)16-32-34(28,29)30)22-13-20(26-33-22)12-17-3-5-18(6-4-17)14-25-15-19-7-10-31-11-8-19/h1-6,9,13,19,24-25H,7-8,10-12,14-16H2,(H2,28,29,30)/p+1. The van der Waals surface area contributed by atoms with Crippen LogP contribution in [0.3, 0.4) is 0 Å². The molecule has 0 amide bonds. The number of hydrogen-bond acceptors (Lipinski definition) is 7. The van der Waals surface area contributed by atoms with Crippen LogP contribution < -0.4 is 15.6 Å². The van der Waals surface area contributed by atoms with E-state index in [-0.39, 0.29) is 12.5 Å². The minimum atomic E-state index is -4.61. The molecule has 1 aromatic carbocycles. The number of rotatable bonds is 10. The number of benzene rings is 1. The topological polar surface area (TPSA) is 144 Å². The third kappa shape index (κ3) is 6.96. The highest BCUT2D eigenvalue weighted by atomic mass is 31.2. The Morgan fingerprint density at radius 1 is 1.18 bits per heavy atom. The normalized spacial score (nSPS) is 15.0. The van der Waals surface area contributed by atoms with E-state index in [0.29, 0.717) is 23.7 Å². The van der Waals surface area contributed by atoms with Crippen molar-refractivity contribution in [3.05, 3.63) is 65.5 Å². The summed E-state index contributed by atoms with van der Waals surface area (Å²) in [6, 6.07) is 13.7. The molecular weight excluding hydrogens is 459 g/mol. The van der Waals surface area contributed by atoms with Crippen molar-refractivity contribution < 1.29 is 32.7 Å². The molecule has 34 heavy (non-hydrogen) atoms. The fourth-order valence-electron chi connectivity index (χ4n) is 3.90. The fourth-order valence-corrected chi connectivity index (χ4v) is 4.17. The van der Waals surface area contributed by atoms with Gasteiger partial charge in [-0.3, -0.25) is 5.73 Å². The first-order valence-corrected chi connectivity index (χ1v) is 12.7. The number of hydrogen-bond donors (Lipinski definition) is 4. The Labute approximate surface area is 197 Å². The lowest BCUT2D eigenvalue weighted by Gasteiger charge is -2.22. The van der Waals surface area contributed by atoms with Crippen LogP contribution in [0.4, 0.5) is 5.82 Å². The molecular formula is C23H30N4O6P+. The van der Waals surface area contributed by atoms with Crippen LogP contribution in [-0.2, 0) is 33.5 Å². The molecule has 10 nitrogen and oxygen atoms in total. The van der Waals surface area contributed by atoms with E-state index >= 15 is 0 Å². The summed E-state index contributed by atoms with van der Waals surface area (Å²) in [4.78, 5) is 17.8. The number of anilines is 1. The molecule has 0 spiro atoms. The van der Waals surface area contributed by atoms with Crippen LogP contribution >= 0.6 is 7.82 Å². The number of nitrogens with zero attached hydrogens (tertiary/aromatic N) is 2. The number of pyridine rings is 1. The van der Waals surface area contributed by atoms with Gasteiger partial charge in [0.2, 0.25) is 6.73 Å². The van der Waals surface area contributed by atoms with Gasteiger partial charge in [0, 0.05) is 32.2 Å². The van der Waals surface area contributed by atoms with Gasteiger partial charge in [0.15, 0.2) is 5.76 Å². The van der Waals surface area contributed by atoms with Crippen LogP contribution in [0.15, 0.2) is 53.2 Å². The Kier molecular flexibility index (Phi) is 8.10. The van der Waals surface area contributed by atoms with E-state index in [1.54, 1.807) is 18.3 Å². The molecule has 1 aliphatic rings. The molecule has 0 aliphatic carbocycles. The number of phosphoric ester groups is 1. The predicted octanol–water partition coefficient (Wildman–Crippen LogP) is 2.39. The number of nitrogens with two attached hydrogens (primary N) is 1. The fraction of sp³-hybridized carbons (Fsp3) is 0.391. The smallest absolute Gasteiger partial charge is 0.381 e. The zero-order valence-electron chi connectivity index (χ0n) is 18.8. The van der Waals surface area contributed by atoms with Gasteiger partial charge in [-0.2, -0.15) is 0 Å². The summed E-state index contributed by atoms with van der Waals surface area (Å²) >= 11 is 0. The number of phosphoric acid groups is 1. The molecule has 0 saturated carbocycles. The highest BCUT2D eigenvalue weighted by Gasteiger charge is 2.21. The van der Waals surface area contributed by atoms with Gasteiger partial charge in [-0.1, -0.05) is 29.4 Å². The summed E-state index contributed by atoms with van der Waals surface area (Å²) in [7, 11) is -4.61. The minimum absolute atomic E-state index is 0.247. The quantitative estimate of drug-likeness (QED) is 0.249. The minimum Gasteiger partial charge on any atom is -0.381 e. The second-order valence-corrected chi connectivity index (χ2v) is 9.63. The first kappa shape index (κ1) is 24.5. The molecule has 11 heteroatoms. The summed E-state index contributed by atoms with van der Waals surface area (Å²) in [5, 5.41) is 7.69. The highest BCUT2D eigenvalue weighted by Crippen LogP contribution is 2.35. The summed E-state index contributed by atoms with van der Waals surface area (Å²) in [5.74, 6) is 1.41. The Balaban J connectivity index is 1.33. The summed E-state index contributed by atoms with van der Waals surface area (Å²) in [5.41, 5.74) is 9.79. The maximum absolute atomic E-state index is 11.0. The van der Waals surface area contributed by atoms with Crippen LogP contribution in [0.2, 0.25) is 0 Å². The average Bonchev–Trinajstić information content (AvgIpc) is 3.28. The van der Waals surface area contributed by atoms with Gasteiger partial charge in [-0.25, -0.2) is 13.7 Å². The van der Waals surface area contributed by atoms with Gasteiger partial charge in [-0.15, -0.1) is 0 Å². The van der Waals surface area contributed by atoms with Gasteiger partial charge >= 0.3 is 7.82 Å². The zero-order valence-corrected chi connectivity index (χ0v) is 19.7. The van der Waals surface area contributed by atoms with Crippen molar-refractivity contribution in [2.75, 3.05) is 25.5 Å². The summed E-state index contributed by atoms with van der Waals surface area (Å²) < 4.78 is 27.8. The largest absolute Gasteiger partial charge is 0.472 e. The van der Waals surface area contributed by atoms with Crippen molar-refractivity contribution in [3.63, 3.8) is 0 Å². The van der Waals surface area contributed by atoms with E-state index < -0.39 is 7.82 Å². The SMILES string of the molecule is Nc1c(-c2cc(Cc3ccc(CNCC4CCOCC4)cc3)no2)ccc[n+]1COP(=O)(O)O. The first-order chi connectivity index (χ1) is 16.4. The molecule has 0 bridgehead atoms. The first-order valence-electron chi connectivity index (χ1n) is 11.2. The molecule has 4 rings (SSSR count). The van der Waals surface area contributed by atoms with E-state index in [0.717, 1.165) is 50.4 Å². The van der Waals surface area contributed by atoms with Crippen molar-refractivity contribution >= 4 is 13.6 Å². The van der Waals surface area contributed by atoms with E-state index in [2.05, 4.69) is 39.3 Å². The van der Waals surface area contributed by atoms with Crippen LogP contribution in [-0.4, -0.2) is 34.7 Å². The third-order valence-corrected chi connectivity index (χ3v) is 6.27. The van der Waals surface area contributed by atoms with Crippen molar-refractivity contribution in [1.82, 2.24) is 10.5 Å². The molecule has 0 atom stereocenters. The van der Waals surface area contributed by atoms with Gasteiger partial charge in [0.25, 0.3) is 5.82 Å². The highest BCUT2D eigenvalue weighted by molar-refractivity contribution is 7.46. The summed E-state index contributed by atoms with van der Waals surface area (Å²) in [6.07, 6.45) is 4.42. The Hall–Kier alpha value is -2.59. The lowest BCUT2D eigenvalue weighted by molar-refractivity contribution is -0.711. The van der Waals surface area contributed by atoms with E-state index in [9.17, 15) is 4.57 Å². The predicted molar refractivity (Wildman–Crippen MR) is 124 cm³/mol. The van der Waals surface area contributed by atoms with Crippen LogP contribution in [0.5, 0.6) is 0 Å². The molecule has 182 valence electrons. The maximum Gasteiger partial charge on any atom is 0.472 e. The van der Waals surface area contributed by atoms with Crippen molar-refractivity contribution in [1.29, 1.82) is 0 Å². The van der Waals surface area contributed by atoms with E-state index in [1.807, 2.05) is 6.07 Å². The van der Waals surface area contributed by atoms with E-state index in [1.165, 1.54) is 10.1 Å². The molecule has 3 heterocycles. The zero-order chi connectivity index (χ0) is 24.0. The van der Waals surface area contributed by atoms with Crippen molar-refractivity contribution in [2.24, 2.45) is 5.92 Å². The molecule has 0 radical (unpaired) electrons. The number of aromatic nitrogens is 2. The van der Waals surface area contributed by atoms with E-state index in [4.69, 9.17) is 24.8 Å². The van der Waals surface area contributed by atoms with Crippen molar-refractivity contribution in [2.45, 2.75) is 32.5 Å². The Morgan fingerprint density at radius 2 is 1.91 bits per heavy atom. The van der Waals surface area contributed by atoms with Gasteiger partial charge in [0.1, 0.15) is 5.56 Å². The molecule has 2 aromatic heterocycles. The number of nitrogen functional groups attached to an aromatic ring is 1. The molecule has 5 N–H and O–H groups in total. The van der Waals surface area contributed by atoms with Gasteiger partial charge in [0.05, 0.1) is 11.9 Å². The van der Waals surface area contributed by atoms with Gasteiger partial charge < -0.3 is 24.4 Å². The monoisotopic (exact) mass is 489 g/mol. The second kappa shape index (κ2) is 11.2. The third-order valence-electron chi connectivity index (χ3n) is 5.81. The lowest BCUT2D eigenvalue weighted by Crippen LogP contribution is -2.38. The Bertz CT molecular complexity index is 1120. The van der Waals surface area contributed by atoms with Crippen LogP contribution in [0, 0.1) is 5.92 Å². The molecule has 1 aliphatic heterocycles.